The van der Waals surface area contributed by atoms with Gasteiger partial charge in [0.1, 0.15) is 4.90 Å². The predicted octanol–water partition coefficient (Wildman–Crippen LogP) is 0.773. The molecular weight excluding hydrogens is 290 g/mol. The summed E-state index contributed by atoms with van der Waals surface area (Å²) in [7, 11) is 1.92. The Balaban J connectivity index is 2.88. The van der Waals surface area contributed by atoms with E-state index in [-0.39, 0.29) is 10.9 Å². The van der Waals surface area contributed by atoms with Gasteiger partial charge in [-0.1, -0.05) is 13.8 Å². The highest BCUT2D eigenvalue weighted by atomic mass is 32.2. The van der Waals surface area contributed by atoms with Crippen LogP contribution in [0.25, 0.3) is 0 Å². The molecular formula is C13H25N5O2S. The third kappa shape index (κ3) is 5.94. The lowest BCUT2D eigenvalue weighted by Gasteiger charge is -2.23. The number of likely N-dealkylation sites (N-methyl/N-ethyl adjacent to an activating group) is 1. The Morgan fingerprint density at radius 2 is 1.81 bits per heavy atom. The van der Waals surface area contributed by atoms with Crippen LogP contribution in [0, 0.1) is 5.92 Å². The molecule has 0 amide bonds. The molecule has 0 radical (unpaired) electrons. The fraction of sp³-hybridized carbons (Fsp3) is 0.692. The molecule has 1 aromatic heterocycles. The minimum absolute atomic E-state index is 0.0778. The average Bonchev–Trinajstić information content (AvgIpc) is 2.36. The van der Waals surface area contributed by atoms with Crippen LogP contribution in [0.2, 0.25) is 0 Å². The Morgan fingerprint density at radius 3 is 2.24 bits per heavy atom. The maximum Gasteiger partial charge on any atom is 0.243 e. The third-order valence-electron chi connectivity index (χ3n) is 2.83. The topological polar surface area (TPSA) is 87.2 Å². The monoisotopic (exact) mass is 315 g/mol. The number of rotatable bonds is 8. The number of hydrogen-bond acceptors (Lipinski definition) is 6. The van der Waals surface area contributed by atoms with E-state index in [2.05, 4.69) is 33.9 Å². The summed E-state index contributed by atoms with van der Waals surface area (Å²) in [6, 6.07) is -0.144. The number of anilines is 1. The van der Waals surface area contributed by atoms with E-state index in [0.29, 0.717) is 18.4 Å². The van der Waals surface area contributed by atoms with Crippen LogP contribution in [-0.4, -0.2) is 57.0 Å². The molecule has 0 aliphatic rings. The molecule has 21 heavy (non-hydrogen) atoms. The molecule has 0 bridgehead atoms. The highest BCUT2D eigenvalue weighted by molar-refractivity contribution is 7.89. The summed E-state index contributed by atoms with van der Waals surface area (Å²) in [5, 5.41) is 2.75. The van der Waals surface area contributed by atoms with Crippen LogP contribution in [0.1, 0.15) is 20.3 Å². The van der Waals surface area contributed by atoms with Gasteiger partial charge in [-0.2, -0.15) is 0 Å². The highest BCUT2D eigenvalue weighted by Crippen LogP contribution is 2.12. The zero-order valence-corrected chi connectivity index (χ0v) is 14.1. The molecule has 0 saturated heterocycles. The molecule has 0 aliphatic carbocycles. The molecule has 2 N–H and O–H groups in total. The quantitative estimate of drug-likeness (QED) is 0.737. The summed E-state index contributed by atoms with van der Waals surface area (Å²) < 4.78 is 27.5. The number of nitrogens with zero attached hydrogens (tertiary/aromatic N) is 3. The summed E-state index contributed by atoms with van der Waals surface area (Å²) in [5.74, 6) is 0.793. The van der Waals surface area contributed by atoms with E-state index in [1.807, 2.05) is 19.0 Å². The standard InChI is InChI=1S/C13H25N5O2S/c1-10(2)6-11(9-18(4)5)17-21(19,20)12-7-15-13(14-3)16-8-12/h7-8,10-11,17H,6,9H2,1-5H3,(H,14,15,16). The molecule has 0 saturated carbocycles. The van der Waals surface area contributed by atoms with Crippen LogP contribution in [0.4, 0.5) is 5.95 Å². The Morgan fingerprint density at radius 1 is 1.24 bits per heavy atom. The molecule has 1 heterocycles. The largest absolute Gasteiger partial charge is 0.357 e. The van der Waals surface area contributed by atoms with E-state index in [1.54, 1.807) is 7.05 Å². The molecule has 1 unspecified atom stereocenters. The maximum atomic E-state index is 12.4. The fourth-order valence-corrected chi connectivity index (χ4v) is 3.17. The van der Waals surface area contributed by atoms with Crippen molar-refractivity contribution in [3.05, 3.63) is 12.4 Å². The van der Waals surface area contributed by atoms with E-state index < -0.39 is 10.0 Å². The van der Waals surface area contributed by atoms with E-state index in [1.165, 1.54) is 12.4 Å². The van der Waals surface area contributed by atoms with Gasteiger partial charge in [-0.05, 0) is 26.4 Å². The van der Waals surface area contributed by atoms with Gasteiger partial charge in [0, 0.05) is 19.6 Å². The smallest absolute Gasteiger partial charge is 0.243 e. The van der Waals surface area contributed by atoms with Gasteiger partial charge in [0.05, 0.1) is 12.4 Å². The van der Waals surface area contributed by atoms with Crippen molar-refractivity contribution < 1.29 is 8.42 Å². The number of hydrogen-bond donors (Lipinski definition) is 2. The lowest BCUT2D eigenvalue weighted by atomic mass is 10.0. The molecule has 8 heteroatoms. The molecule has 0 aromatic carbocycles. The summed E-state index contributed by atoms with van der Waals surface area (Å²) in [6.07, 6.45) is 3.39. The van der Waals surface area contributed by atoms with Crippen molar-refractivity contribution in [1.29, 1.82) is 0 Å². The molecule has 1 rings (SSSR count). The first-order valence-electron chi connectivity index (χ1n) is 6.91. The third-order valence-corrected chi connectivity index (χ3v) is 4.30. The number of aromatic nitrogens is 2. The number of sulfonamides is 1. The van der Waals surface area contributed by atoms with E-state index in [4.69, 9.17) is 0 Å². The lowest BCUT2D eigenvalue weighted by molar-refractivity contribution is 0.329. The van der Waals surface area contributed by atoms with Crippen molar-refractivity contribution >= 4 is 16.0 Å². The molecule has 7 nitrogen and oxygen atoms in total. The van der Waals surface area contributed by atoms with Crippen LogP contribution >= 0.6 is 0 Å². The molecule has 0 aliphatic heterocycles. The van der Waals surface area contributed by atoms with Gasteiger partial charge in [-0.15, -0.1) is 0 Å². The van der Waals surface area contributed by atoms with Crippen LogP contribution in [-0.2, 0) is 10.0 Å². The number of nitrogens with one attached hydrogen (secondary N) is 2. The average molecular weight is 315 g/mol. The predicted molar refractivity (Wildman–Crippen MR) is 83.7 cm³/mol. The molecule has 120 valence electrons. The van der Waals surface area contributed by atoms with Crippen LogP contribution in [0.3, 0.4) is 0 Å². The van der Waals surface area contributed by atoms with Gasteiger partial charge < -0.3 is 10.2 Å². The van der Waals surface area contributed by atoms with Gasteiger partial charge >= 0.3 is 0 Å². The second kappa shape index (κ2) is 7.67. The Bertz CT molecular complexity index is 518. The van der Waals surface area contributed by atoms with Crippen LogP contribution in [0.15, 0.2) is 17.3 Å². The van der Waals surface area contributed by atoms with Gasteiger partial charge in [-0.25, -0.2) is 23.1 Å². The fourth-order valence-electron chi connectivity index (χ4n) is 2.04. The zero-order valence-electron chi connectivity index (χ0n) is 13.3. The minimum atomic E-state index is -3.61. The van der Waals surface area contributed by atoms with Crippen LogP contribution in [0.5, 0.6) is 0 Å². The van der Waals surface area contributed by atoms with E-state index in [0.717, 1.165) is 6.42 Å². The first-order chi connectivity index (χ1) is 9.74. The van der Waals surface area contributed by atoms with Crippen molar-refractivity contribution in [2.45, 2.75) is 31.2 Å². The molecule has 0 spiro atoms. The van der Waals surface area contributed by atoms with E-state index in [9.17, 15) is 8.42 Å². The normalized spacial score (nSPS) is 13.7. The highest BCUT2D eigenvalue weighted by Gasteiger charge is 2.22. The van der Waals surface area contributed by atoms with Crippen molar-refractivity contribution in [2.24, 2.45) is 5.92 Å². The molecule has 0 fully saturated rings. The first-order valence-corrected chi connectivity index (χ1v) is 8.39. The van der Waals surface area contributed by atoms with Crippen molar-refractivity contribution in [1.82, 2.24) is 19.6 Å². The molecule has 1 atom stereocenters. The van der Waals surface area contributed by atoms with Gasteiger partial charge in [0.2, 0.25) is 16.0 Å². The summed E-state index contributed by atoms with van der Waals surface area (Å²) in [6.45, 7) is 4.79. The van der Waals surface area contributed by atoms with Crippen molar-refractivity contribution in [2.75, 3.05) is 33.0 Å². The molecule has 1 aromatic rings. The SMILES string of the molecule is CNc1ncc(S(=O)(=O)NC(CC(C)C)CN(C)C)cn1. The first kappa shape index (κ1) is 17.8. The Labute approximate surface area is 127 Å². The van der Waals surface area contributed by atoms with Crippen molar-refractivity contribution in [3.8, 4) is 0 Å². The minimum Gasteiger partial charge on any atom is -0.357 e. The second-order valence-electron chi connectivity index (χ2n) is 5.70. The van der Waals surface area contributed by atoms with Gasteiger partial charge in [-0.3, -0.25) is 0 Å². The van der Waals surface area contributed by atoms with E-state index >= 15 is 0 Å². The van der Waals surface area contributed by atoms with Gasteiger partial charge in [0.15, 0.2) is 0 Å². The van der Waals surface area contributed by atoms with Crippen LogP contribution < -0.4 is 10.0 Å². The summed E-state index contributed by atoms with van der Waals surface area (Å²) in [4.78, 5) is 9.93. The summed E-state index contributed by atoms with van der Waals surface area (Å²) in [5.41, 5.74) is 0. The van der Waals surface area contributed by atoms with Crippen molar-refractivity contribution in [3.63, 3.8) is 0 Å². The van der Waals surface area contributed by atoms with Gasteiger partial charge in [0.25, 0.3) is 0 Å². The Hall–Kier alpha value is -1.25. The lowest BCUT2D eigenvalue weighted by Crippen LogP contribution is -2.42. The second-order valence-corrected chi connectivity index (χ2v) is 7.42. The summed E-state index contributed by atoms with van der Waals surface area (Å²) >= 11 is 0. The zero-order chi connectivity index (χ0) is 16.0. The maximum absolute atomic E-state index is 12.4. The Kier molecular flexibility index (Phi) is 6.50.